The number of urea groups is 1. The summed E-state index contributed by atoms with van der Waals surface area (Å²) in [5.41, 5.74) is 4.81. The molecule has 1 atom stereocenters. The highest BCUT2D eigenvalue weighted by Crippen LogP contribution is 2.38. The van der Waals surface area contributed by atoms with Crippen LogP contribution in [-0.4, -0.2) is 22.7 Å². The molecule has 1 aliphatic rings. The molecule has 0 saturated carbocycles. The van der Waals surface area contributed by atoms with Crippen molar-refractivity contribution >= 4 is 50.9 Å². The Morgan fingerprint density at radius 2 is 1.96 bits per heavy atom. The second-order valence-corrected chi connectivity index (χ2v) is 8.24. The minimum absolute atomic E-state index is 0.0773. The maximum absolute atomic E-state index is 13.1. The monoisotopic (exact) mass is 413 g/mol. The Hall–Kier alpha value is -2.90. The molecule has 28 heavy (non-hydrogen) atoms. The van der Waals surface area contributed by atoms with Crippen molar-refractivity contribution in [2.45, 2.75) is 19.0 Å². The normalized spacial score (nSPS) is 19.3. The molecule has 4 amide bonds. The van der Waals surface area contributed by atoms with Crippen molar-refractivity contribution in [3.8, 4) is 0 Å². The maximum atomic E-state index is 13.1. The summed E-state index contributed by atoms with van der Waals surface area (Å²) in [6.07, 6.45) is 0. The predicted molar refractivity (Wildman–Crippen MR) is 108 cm³/mol. The minimum Gasteiger partial charge on any atom is -0.366 e. The van der Waals surface area contributed by atoms with Crippen LogP contribution in [0, 0.1) is 0 Å². The number of carbonyl (C=O) groups excluding carboxylic acids is 3. The predicted octanol–water partition coefficient (Wildman–Crippen LogP) is 3.62. The molecule has 2 heterocycles. The number of halogens is 1. The highest BCUT2D eigenvalue weighted by atomic mass is 35.5. The molecule has 1 aromatic heterocycles. The van der Waals surface area contributed by atoms with Gasteiger partial charge in [0.05, 0.1) is 11.6 Å². The zero-order valence-corrected chi connectivity index (χ0v) is 16.4. The Kier molecular flexibility index (Phi) is 4.36. The van der Waals surface area contributed by atoms with Crippen LogP contribution in [0.25, 0.3) is 10.1 Å². The highest BCUT2D eigenvalue weighted by molar-refractivity contribution is 7.19. The number of benzene rings is 2. The molecule has 3 aromatic rings. The van der Waals surface area contributed by atoms with Crippen LogP contribution < -0.4 is 11.1 Å². The lowest BCUT2D eigenvalue weighted by Gasteiger charge is -2.22. The summed E-state index contributed by atoms with van der Waals surface area (Å²) < 4.78 is 0.992. The Balaban J connectivity index is 1.68. The summed E-state index contributed by atoms with van der Waals surface area (Å²) in [6.45, 7) is 1.69. The smallest absolute Gasteiger partial charge is 0.325 e. The van der Waals surface area contributed by atoms with E-state index in [0.29, 0.717) is 10.6 Å². The molecular formula is C20H16ClN3O3S. The second-order valence-electron chi connectivity index (χ2n) is 6.73. The van der Waals surface area contributed by atoms with Gasteiger partial charge in [-0.15, -0.1) is 11.3 Å². The quantitative estimate of drug-likeness (QED) is 0.640. The van der Waals surface area contributed by atoms with E-state index in [0.717, 1.165) is 19.9 Å². The van der Waals surface area contributed by atoms with Crippen LogP contribution in [0.4, 0.5) is 4.79 Å². The van der Waals surface area contributed by atoms with Gasteiger partial charge in [0, 0.05) is 20.5 Å². The first kappa shape index (κ1) is 18.5. The van der Waals surface area contributed by atoms with Crippen LogP contribution in [0.2, 0.25) is 5.02 Å². The molecule has 0 radical (unpaired) electrons. The number of fused-ring (bicyclic) bond motifs is 1. The number of nitrogens with one attached hydrogen (secondary N) is 1. The van der Waals surface area contributed by atoms with Gasteiger partial charge in [0.25, 0.3) is 5.91 Å². The number of hydrogen-bond donors (Lipinski definition) is 2. The van der Waals surface area contributed by atoms with Crippen LogP contribution in [-0.2, 0) is 16.9 Å². The lowest BCUT2D eigenvalue weighted by atomic mass is 9.90. The van der Waals surface area contributed by atoms with Crippen molar-refractivity contribution in [3.63, 3.8) is 0 Å². The summed E-state index contributed by atoms with van der Waals surface area (Å²) >= 11 is 7.91. The van der Waals surface area contributed by atoms with E-state index in [-0.39, 0.29) is 12.1 Å². The molecule has 1 saturated heterocycles. The molecule has 8 heteroatoms. The number of carbonyl (C=O) groups is 3. The number of imide groups is 1. The van der Waals surface area contributed by atoms with Gasteiger partial charge >= 0.3 is 6.03 Å². The summed E-state index contributed by atoms with van der Waals surface area (Å²) in [5.74, 6) is -1.01. The number of hydrogen-bond acceptors (Lipinski definition) is 4. The molecule has 2 aromatic carbocycles. The van der Waals surface area contributed by atoms with Gasteiger partial charge in [-0.2, -0.15) is 0 Å². The van der Waals surface area contributed by atoms with Crippen molar-refractivity contribution in [2.24, 2.45) is 5.73 Å². The molecule has 1 fully saturated rings. The molecule has 4 rings (SSSR count). The average Bonchev–Trinajstić information content (AvgIpc) is 3.11. The molecule has 3 N–H and O–H groups in total. The van der Waals surface area contributed by atoms with Gasteiger partial charge < -0.3 is 11.1 Å². The number of primary amides is 1. The largest absolute Gasteiger partial charge is 0.366 e. The van der Waals surface area contributed by atoms with Crippen LogP contribution in [0.5, 0.6) is 0 Å². The number of amides is 4. The summed E-state index contributed by atoms with van der Waals surface area (Å²) in [7, 11) is 0. The van der Waals surface area contributed by atoms with E-state index in [1.165, 1.54) is 17.4 Å². The third-order valence-electron chi connectivity index (χ3n) is 4.90. The van der Waals surface area contributed by atoms with Gasteiger partial charge in [-0.3, -0.25) is 14.5 Å². The topological polar surface area (TPSA) is 92.5 Å². The van der Waals surface area contributed by atoms with Crippen LogP contribution in [0.1, 0.15) is 27.7 Å². The molecule has 0 spiro atoms. The number of nitrogens with zero attached hydrogens (tertiary/aromatic N) is 1. The Morgan fingerprint density at radius 1 is 1.21 bits per heavy atom. The molecule has 1 unspecified atom stereocenters. The van der Waals surface area contributed by atoms with E-state index in [4.69, 9.17) is 17.3 Å². The van der Waals surface area contributed by atoms with E-state index < -0.39 is 23.4 Å². The molecule has 0 bridgehead atoms. The average molecular weight is 414 g/mol. The van der Waals surface area contributed by atoms with Crippen LogP contribution >= 0.6 is 22.9 Å². The summed E-state index contributed by atoms with van der Waals surface area (Å²) in [5, 5.41) is 4.18. The van der Waals surface area contributed by atoms with E-state index in [9.17, 15) is 14.4 Å². The fourth-order valence-electron chi connectivity index (χ4n) is 3.33. The highest BCUT2D eigenvalue weighted by Gasteiger charge is 2.49. The first-order valence-corrected chi connectivity index (χ1v) is 9.71. The van der Waals surface area contributed by atoms with Gasteiger partial charge in [-0.25, -0.2) is 4.79 Å². The van der Waals surface area contributed by atoms with E-state index in [1.54, 1.807) is 25.1 Å². The number of rotatable bonds is 4. The standard InChI is InChI=1S/C20H16ClN3O3S/c1-20(12-6-4-5-11(9-12)17(22)25)18(26)24(19(27)23-20)10-15-16(21)13-7-2-3-8-14(13)28-15/h2-9H,10H2,1H3,(H2,22,25)(H,23,27). The van der Waals surface area contributed by atoms with Crippen molar-refractivity contribution in [2.75, 3.05) is 0 Å². The first-order valence-electron chi connectivity index (χ1n) is 8.51. The zero-order valence-electron chi connectivity index (χ0n) is 14.9. The Morgan fingerprint density at radius 3 is 2.68 bits per heavy atom. The number of nitrogens with two attached hydrogens (primary N) is 1. The van der Waals surface area contributed by atoms with Crippen molar-refractivity contribution in [1.29, 1.82) is 0 Å². The van der Waals surface area contributed by atoms with E-state index in [1.807, 2.05) is 24.3 Å². The minimum atomic E-state index is -1.29. The van der Waals surface area contributed by atoms with E-state index in [2.05, 4.69) is 5.32 Å². The molecule has 0 aliphatic carbocycles. The molecule has 142 valence electrons. The van der Waals surface area contributed by atoms with Gasteiger partial charge in [-0.05, 0) is 30.7 Å². The Labute approximate surface area is 169 Å². The molecular weight excluding hydrogens is 398 g/mol. The molecule has 6 nitrogen and oxygen atoms in total. The van der Waals surface area contributed by atoms with Gasteiger partial charge in [-0.1, -0.05) is 41.9 Å². The second kappa shape index (κ2) is 6.61. The third-order valence-corrected chi connectivity index (χ3v) is 6.60. The first-order chi connectivity index (χ1) is 13.3. The SMILES string of the molecule is CC1(c2cccc(C(N)=O)c2)NC(=O)N(Cc2sc3ccccc3c2Cl)C1=O. The fourth-order valence-corrected chi connectivity index (χ4v) is 4.81. The van der Waals surface area contributed by atoms with Gasteiger partial charge in [0.15, 0.2) is 0 Å². The van der Waals surface area contributed by atoms with E-state index >= 15 is 0 Å². The number of thiophene rings is 1. The maximum Gasteiger partial charge on any atom is 0.325 e. The van der Waals surface area contributed by atoms with Crippen LogP contribution in [0.15, 0.2) is 48.5 Å². The summed E-state index contributed by atoms with van der Waals surface area (Å²) in [4.78, 5) is 39.1. The van der Waals surface area contributed by atoms with Gasteiger partial charge in [0.2, 0.25) is 5.91 Å². The lowest BCUT2D eigenvalue weighted by Crippen LogP contribution is -2.41. The fraction of sp³-hybridized carbons (Fsp3) is 0.150. The van der Waals surface area contributed by atoms with Crippen LogP contribution in [0.3, 0.4) is 0 Å². The van der Waals surface area contributed by atoms with Crippen molar-refractivity contribution < 1.29 is 14.4 Å². The van der Waals surface area contributed by atoms with Gasteiger partial charge in [0.1, 0.15) is 5.54 Å². The Bertz CT molecular complexity index is 1140. The lowest BCUT2D eigenvalue weighted by molar-refractivity contribution is -0.131. The molecule has 1 aliphatic heterocycles. The summed E-state index contributed by atoms with van der Waals surface area (Å²) in [6, 6.07) is 13.5. The zero-order chi connectivity index (χ0) is 20.1. The van der Waals surface area contributed by atoms with Crippen molar-refractivity contribution in [1.82, 2.24) is 10.2 Å². The third kappa shape index (κ3) is 2.83. The van der Waals surface area contributed by atoms with Crippen molar-refractivity contribution in [3.05, 3.63) is 69.6 Å².